The minimum Gasteiger partial charge on any atom is -0.494 e. The zero-order chi connectivity index (χ0) is 21.1. The minimum absolute atomic E-state index is 0.138. The smallest absolute Gasteiger partial charge is 0.291 e. The molecule has 0 aliphatic carbocycles. The summed E-state index contributed by atoms with van der Waals surface area (Å²) in [4.78, 5) is 17.9. The second-order valence-corrected chi connectivity index (χ2v) is 8.60. The molecule has 2 aromatic carbocycles. The zero-order valence-corrected chi connectivity index (χ0v) is 18.3. The van der Waals surface area contributed by atoms with Crippen molar-refractivity contribution in [1.29, 1.82) is 0 Å². The predicted octanol–water partition coefficient (Wildman–Crippen LogP) is 4.67. The van der Waals surface area contributed by atoms with Crippen LogP contribution in [0.4, 0.5) is 0 Å². The molecule has 0 radical (unpaired) electrons. The van der Waals surface area contributed by atoms with E-state index >= 15 is 0 Å². The van der Waals surface area contributed by atoms with Gasteiger partial charge in [-0.05, 0) is 53.8 Å². The van der Waals surface area contributed by atoms with E-state index in [4.69, 9.17) is 4.74 Å². The van der Waals surface area contributed by atoms with Crippen LogP contribution < -0.4 is 14.8 Å². The molecule has 0 atom stereocenters. The number of thiazole rings is 1. The van der Waals surface area contributed by atoms with E-state index in [2.05, 4.69) is 43.0 Å². The van der Waals surface area contributed by atoms with Crippen LogP contribution in [0.15, 0.2) is 53.3 Å². The first-order valence-electron chi connectivity index (χ1n) is 10.3. The molecule has 0 unspecified atom stereocenters. The van der Waals surface area contributed by atoms with Gasteiger partial charge in [0.15, 0.2) is 5.82 Å². The van der Waals surface area contributed by atoms with E-state index < -0.39 is 0 Å². The summed E-state index contributed by atoms with van der Waals surface area (Å²) in [5, 5.41) is 4.43. The van der Waals surface area contributed by atoms with E-state index in [1.807, 2.05) is 42.5 Å². The van der Waals surface area contributed by atoms with Crippen molar-refractivity contribution in [3.05, 3.63) is 74.5 Å². The van der Waals surface area contributed by atoms with Gasteiger partial charge in [0.05, 0.1) is 11.1 Å². The lowest BCUT2D eigenvalue weighted by Gasteiger charge is -2.05. The number of nitrogens with zero attached hydrogens (tertiary/aromatic N) is 3. The maximum atomic E-state index is 12.8. The van der Waals surface area contributed by atoms with Crippen LogP contribution in [0.5, 0.6) is 5.75 Å². The first kappa shape index (κ1) is 20.3. The zero-order valence-electron chi connectivity index (χ0n) is 17.5. The van der Waals surface area contributed by atoms with E-state index in [1.54, 1.807) is 0 Å². The van der Waals surface area contributed by atoms with Gasteiger partial charge in [-0.25, -0.2) is 0 Å². The fourth-order valence-electron chi connectivity index (χ4n) is 3.12. The molecule has 0 fully saturated rings. The Balaban J connectivity index is 1.58. The van der Waals surface area contributed by atoms with Gasteiger partial charge < -0.3 is 4.74 Å². The molecular formula is C24H25N3O2S. The molecule has 4 rings (SSSR count). The molecule has 0 N–H and O–H groups in total. The largest absolute Gasteiger partial charge is 0.494 e. The van der Waals surface area contributed by atoms with Crippen molar-refractivity contribution >= 4 is 22.4 Å². The molecule has 0 aliphatic rings. The monoisotopic (exact) mass is 419 g/mol. The predicted molar refractivity (Wildman–Crippen MR) is 122 cm³/mol. The summed E-state index contributed by atoms with van der Waals surface area (Å²) in [6.07, 6.45) is 4.04. The third-order valence-electron chi connectivity index (χ3n) is 4.96. The second-order valence-electron chi connectivity index (χ2n) is 7.59. The van der Waals surface area contributed by atoms with Crippen LogP contribution in [-0.4, -0.2) is 21.2 Å². The van der Waals surface area contributed by atoms with Gasteiger partial charge in [-0.2, -0.15) is 9.50 Å². The van der Waals surface area contributed by atoms with Crippen molar-refractivity contribution < 1.29 is 4.74 Å². The molecule has 154 valence electrons. The van der Waals surface area contributed by atoms with E-state index in [-0.39, 0.29) is 5.56 Å². The average Bonchev–Trinajstić information content (AvgIpc) is 3.29. The summed E-state index contributed by atoms with van der Waals surface area (Å²) in [6.45, 7) is 7.18. The first-order chi connectivity index (χ1) is 14.5. The van der Waals surface area contributed by atoms with Crippen LogP contribution >= 0.6 is 11.3 Å². The third kappa shape index (κ3) is 4.28. The van der Waals surface area contributed by atoms with Gasteiger partial charge >= 0.3 is 0 Å². The number of aromatic nitrogens is 3. The summed E-state index contributed by atoms with van der Waals surface area (Å²) in [6, 6.07) is 16.0. The number of rotatable bonds is 7. The van der Waals surface area contributed by atoms with Crippen molar-refractivity contribution in [2.24, 2.45) is 0 Å². The second kappa shape index (κ2) is 8.79. The van der Waals surface area contributed by atoms with Crippen molar-refractivity contribution in [1.82, 2.24) is 14.6 Å². The molecule has 2 heterocycles. The molecule has 0 saturated heterocycles. The summed E-state index contributed by atoms with van der Waals surface area (Å²) in [5.41, 5.74) is 3.01. The number of ether oxygens (including phenoxy) is 1. The number of unbranched alkanes of at least 4 members (excludes halogenated alkanes) is 1. The standard InChI is InChI=1S/C24H25N3O2S/c1-4-5-14-29-20-12-10-19(11-13-20)22-25-24-27(26-22)23(28)21(30-24)15-17-6-8-18(9-7-17)16(2)3/h6-13,15-16H,4-5,14H2,1-3H3/b21-15-. The molecule has 5 nitrogen and oxygen atoms in total. The molecule has 0 aliphatic heterocycles. The summed E-state index contributed by atoms with van der Waals surface area (Å²) in [5.74, 6) is 1.86. The topological polar surface area (TPSA) is 56.5 Å². The Morgan fingerprint density at radius 1 is 1.10 bits per heavy atom. The highest BCUT2D eigenvalue weighted by atomic mass is 32.1. The van der Waals surface area contributed by atoms with Gasteiger partial charge in [-0.15, -0.1) is 5.10 Å². The van der Waals surface area contributed by atoms with Gasteiger partial charge in [-0.3, -0.25) is 4.79 Å². The number of benzene rings is 2. The fourth-order valence-corrected chi connectivity index (χ4v) is 4.03. The summed E-state index contributed by atoms with van der Waals surface area (Å²) in [7, 11) is 0. The van der Waals surface area contributed by atoms with E-state index in [9.17, 15) is 4.79 Å². The summed E-state index contributed by atoms with van der Waals surface area (Å²) < 4.78 is 7.72. The van der Waals surface area contributed by atoms with Crippen LogP contribution in [0, 0.1) is 0 Å². The highest BCUT2D eigenvalue weighted by molar-refractivity contribution is 7.15. The van der Waals surface area contributed by atoms with Gasteiger partial charge in [0, 0.05) is 5.56 Å². The van der Waals surface area contributed by atoms with Crippen LogP contribution in [0.1, 0.15) is 50.7 Å². The average molecular weight is 420 g/mol. The summed E-state index contributed by atoms with van der Waals surface area (Å²) >= 11 is 1.36. The Morgan fingerprint density at radius 3 is 2.47 bits per heavy atom. The highest BCUT2D eigenvalue weighted by Gasteiger charge is 2.12. The van der Waals surface area contributed by atoms with Crippen LogP contribution in [-0.2, 0) is 0 Å². The number of fused-ring (bicyclic) bond motifs is 1. The van der Waals surface area contributed by atoms with Crippen LogP contribution in [0.3, 0.4) is 0 Å². The van der Waals surface area contributed by atoms with Crippen molar-refractivity contribution in [3.8, 4) is 17.1 Å². The molecule has 2 aromatic heterocycles. The first-order valence-corrected chi connectivity index (χ1v) is 11.1. The molecule has 0 spiro atoms. The quantitative estimate of drug-likeness (QED) is 0.409. The van der Waals surface area contributed by atoms with E-state index in [1.165, 1.54) is 21.4 Å². The minimum atomic E-state index is -0.138. The molecule has 0 saturated carbocycles. The highest BCUT2D eigenvalue weighted by Crippen LogP contribution is 2.21. The Hall–Kier alpha value is -2.99. The SMILES string of the molecule is CCCCOc1ccc(-c2nc3s/c(=C\c4ccc(C(C)C)cc4)c(=O)n3n2)cc1. The van der Waals surface area contributed by atoms with Gasteiger partial charge in [-0.1, -0.05) is 62.8 Å². The van der Waals surface area contributed by atoms with Gasteiger partial charge in [0.2, 0.25) is 4.96 Å². The van der Waals surface area contributed by atoms with Crippen LogP contribution in [0.25, 0.3) is 22.4 Å². The molecule has 6 heteroatoms. The molecule has 30 heavy (non-hydrogen) atoms. The Labute approximate surface area is 179 Å². The maximum Gasteiger partial charge on any atom is 0.291 e. The molecule has 0 amide bonds. The van der Waals surface area contributed by atoms with Crippen molar-refractivity contribution in [2.45, 2.75) is 39.5 Å². The van der Waals surface area contributed by atoms with Crippen molar-refractivity contribution in [2.75, 3.05) is 6.61 Å². The van der Waals surface area contributed by atoms with E-state index in [0.717, 1.165) is 29.7 Å². The number of hydrogen-bond acceptors (Lipinski definition) is 5. The van der Waals surface area contributed by atoms with E-state index in [0.29, 0.717) is 27.8 Å². The van der Waals surface area contributed by atoms with Gasteiger partial charge in [0.1, 0.15) is 5.75 Å². The molecule has 0 bridgehead atoms. The maximum absolute atomic E-state index is 12.8. The molecular weight excluding hydrogens is 394 g/mol. The third-order valence-corrected chi connectivity index (χ3v) is 5.92. The lowest BCUT2D eigenvalue weighted by Crippen LogP contribution is -2.23. The normalized spacial score (nSPS) is 12.2. The van der Waals surface area contributed by atoms with Gasteiger partial charge in [0.25, 0.3) is 5.56 Å². The lowest BCUT2D eigenvalue weighted by molar-refractivity contribution is 0.309. The Morgan fingerprint density at radius 2 is 1.83 bits per heavy atom. The number of hydrogen-bond donors (Lipinski definition) is 0. The Kier molecular flexibility index (Phi) is 5.95. The Bertz CT molecular complexity index is 1240. The van der Waals surface area contributed by atoms with Crippen LogP contribution in [0.2, 0.25) is 0 Å². The fraction of sp³-hybridized carbons (Fsp3) is 0.292. The lowest BCUT2D eigenvalue weighted by atomic mass is 10.0. The molecule has 4 aromatic rings. The van der Waals surface area contributed by atoms with Crippen molar-refractivity contribution in [3.63, 3.8) is 0 Å².